The topological polar surface area (TPSA) is 78.7 Å². The van der Waals surface area contributed by atoms with Gasteiger partial charge in [0.05, 0.1) is 18.2 Å². The molecule has 3 rings (SSSR count). The fourth-order valence-electron chi connectivity index (χ4n) is 3.04. The van der Waals surface area contributed by atoms with E-state index in [0.29, 0.717) is 19.4 Å². The lowest BCUT2D eigenvalue weighted by Gasteiger charge is -2.36. The van der Waals surface area contributed by atoms with Crippen molar-refractivity contribution in [3.63, 3.8) is 0 Å². The number of hydrogen-bond acceptors (Lipinski definition) is 5. The van der Waals surface area contributed by atoms with Crippen molar-refractivity contribution in [2.75, 3.05) is 32.7 Å². The third-order valence-corrected chi connectivity index (χ3v) is 4.35. The largest absolute Gasteiger partial charge is 0.360 e. The summed E-state index contributed by atoms with van der Waals surface area (Å²) in [5.41, 5.74) is 0.892. The first kappa shape index (κ1) is 15.0. The second-order valence-electron chi connectivity index (χ2n) is 6.08. The van der Waals surface area contributed by atoms with Crippen molar-refractivity contribution < 1.29 is 14.1 Å². The summed E-state index contributed by atoms with van der Waals surface area (Å²) >= 11 is 0. The first-order valence-corrected chi connectivity index (χ1v) is 7.82. The summed E-state index contributed by atoms with van der Waals surface area (Å²) in [7, 11) is 0. The van der Waals surface area contributed by atoms with Gasteiger partial charge in [-0.2, -0.15) is 0 Å². The number of rotatable bonds is 3. The van der Waals surface area contributed by atoms with E-state index in [-0.39, 0.29) is 17.7 Å². The number of nitrogens with one attached hydrogen (secondary N) is 1. The molecule has 0 unspecified atom stereocenters. The Morgan fingerprint density at radius 3 is 2.77 bits per heavy atom. The molecule has 1 aromatic rings. The van der Waals surface area contributed by atoms with Crippen LogP contribution in [-0.4, -0.2) is 59.5 Å². The summed E-state index contributed by atoms with van der Waals surface area (Å²) in [6.07, 6.45) is 1.13. The number of piperazine rings is 1. The number of carbonyl (C=O) groups is 2. The molecule has 1 atom stereocenters. The van der Waals surface area contributed by atoms with E-state index < -0.39 is 0 Å². The fourth-order valence-corrected chi connectivity index (χ4v) is 3.04. The number of hydrogen-bond donors (Lipinski definition) is 1. The maximum atomic E-state index is 12.5. The number of amides is 2. The zero-order chi connectivity index (χ0) is 15.5. The van der Waals surface area contributed by atoms with Crippen molar-refractivity contribution in [3.8, 4) is 0 Å². The van der Waals surface area contributed by atoms with Crippen LogP contribution in [0.2, 0.25) is 0 Å². The molecular formula is C15H22N4O3. The first-order chi connectivity index (χ1) is 10.6. The quantitative estimate of drug-likeness (QED) is 0.860. The minimum absolute atomic E-state index is 0.0521. The van der Waals surface area contributed by atoms with E-state index in [9.17, 15) is 9.59 Å². The summed E-state index contributed by atoms with van der Waals surface area (Å²) in [5.74, 6) is 1.04. The molecule has 1 N–H and O–H groups in total. The van der Waals surface area contributed by atoms with Gasteiger partial charge in [-0.25, -0.2) is 0 Å². The smallest absolute Gasteiger partial charge is 0.227 e. The highest BCUT2D eigenvalue weighted by Gasteiger charge is 2.30. The standard InChI is InChI=1S/C15H22N4O3/c1-11-8-13(22-17-11)10-18-4-6-19(7-5-18)15(21)12-2-3-14(20)16-9-12/h8,12H,2-7,9-10H2,1H3,(H,16,20)/t12-/m1/s1. The summed E-state index contributed by atoms with van der Waals surface area (Å²) in [4.78, 5) is 27.8. The Bertz CT molecular complexity index is 539. The number of piperidine rings is 1. The maximum Gasteiger partial charge on any atom is 0.227 e. The van der Waals surface area contributed by atoms with Crippen LogP contribution in [0.1, 0.15) is 24.3 Å². The van der Waals surface area contributed by atoms with Crippen molar-refractivity contribution in [2.24, 2.45) is 5.92 Å². The average molecular weight is 306 g/mol. The first-order valence-electron chi connectivity index (χ1n) is 7.82. The van der Waals surface area contributed by atoms with E-state index in [0.717, 1.165) is 44.2 Å². The average Bonchev–Trinajstić information content (AvgIpc) is 2.93. The van der Waals surface area contributed by atoms with Crippen molar-refractivity contribution in [1.82, 2.24) is 20.3 Å². The van der Waals surface area contributed by atoms with Gasteiger partial charge in [-0.05, 0) is 13.3 Å². The Hall–Kier alpha value is -1.89. The van der Waals surface area contributed by atoms with Crippen LogP contribution in [0, 0.1) is 12.8 Å². The van der Waals surface area contributed by atoms with Crippen LogP contribution in [0.25, 0.3) is 0 Å². The molecule has 0 radical (unpaired) electrons. The van der Waals surface area contributed by atoms with E-state index in [2.05, 4.69) is 15.4 Å². The molecule has 0 spiro atoms. The van der Waals surface area contributed by atoms with Crippen LogP contribution < -0.4 is 5.32 Å². The third-order valence-electron chi connectivity index (χ3n) is 4.35. The van der Waals surface area contributed by atoms with Crippen LogP contribution in [-0.2, 0) is 16.1 Å². The van der Waals surface area contributed by atoms with E-state index in [1.165, 1.54) is 0 Å². The highest BCUT2D eigenvalue weighted by Crippen LogP contribution is 2.16. The van der Waals surface area contributed by atoms with Gasteiger partial charge in [0.2, 0.25) is 11.8 Å². The van der Waals surface area contributed by atoms with Gasteiger partial charge in [-0.3, -0.25) is 14.5 Å². The molecule has 0 saturated carbocycles. The minimum Gasteiger partial charge on any atom is -0.360 e. The highest BCUT2D eigenvalue weighted by molar-refractivity contribution is 5.83. The van der Waals surface area contributed by atoms with Crippen LogP contribution in [0.3, 0.4) is 0 Å². The predicted molar refractivity (Wildman–Crippen MR) is 78.8 cm³/mol. The highest BCUT2D eigenvalue weighted by atomic mass is 16.5. The van der Waals surface area contributed by atoms with Gasteiger partial charge < -0.3 is 14.7 Å². The molecule has 2 fully saturated rings. The van der Waals surface area contributed by atoms with E-state index in [1.54, 1.807) is 0 Å². The van der Waals surface area contributed by atoms with Crippen LogP contribution in [0.15, 0.2) is 10.6 Å². The second-order valence-corrected chi connectivity index (χ2v) is 6.08. The second kappa shape index (κ2) is 6.48. The molecule has 7 heteroatoms. The SMILES string of the molecule is Cc1cc(CN2CCN(C(=O)[C@@H]3CCC(=O)NC3)CC2)on1. The van der Waals surface area contributed by atoms with E-state index in [4.69, 9.17) is 4.52 Å². The zero-order valence-corrected chi connectivity index (χ0v) is 12.9. The molecule has 3 heterocycles. The van der Waals surface area contributed by atoms with Crippen LogP contribution in [0.5, 0.6) is 0 Å². The molecule has 120 valence electrons. The Morgan fingerprint density at radius 2 is 2.18 bits per heavy atom. The molecule has 0 aromatic carbocycles. The van der Waals surface area contributed by atoms with Gasteiger partial charge in [0.15, 0.2) is 5.76 Å². The molecule has 7 nitrogen and oxygen atoms in total. The normalized spacial score (nSPS) is 23.4. The summed E-state index contributed by atoms with van der Waals surface area (Å²) in [6.45, 7) is 6.27. The lowest BCUT2D eigenvalue weighted by atomic mass is 9.97. The molecule has 2 aliphatic rings. The van der Waals surface area contributed by atoms with E-state index in [1.807, 2.05) is 17.9 Å². The van der Waals surface area contributed by atoms with Gasteiger partial charge in [-0.1, -0.05) is 5.16 Å². The molecule has 2 aliphatic heterocycles. The van der Waals surface area contributed by atoms with Gasteiger partial charge in [0.1, 0.15) is 0 Å². The Balaban J connectivity index is 1.47. The van der Waals surface area contributed by atoms with Crippen molar-refractivity contribution in [2.45, 2.75) is 26.3 Å². The number of aryl methyl sites for hydroxylation is 1. The third kappa shape index (κ3) is 3.47. The minimum atomic E-state index is -0.0545. The van der Waals surface area contributed by atoms with Gasteiger partial charge in [0.25, 0.3) is 0 Å². The van der Waals surface area contributed by atoms with Gasteiger partial charge in [-0.15, -0.1) is 0 Å². The van der Waals surface area contributed by atoms with Crippen LogP contribution >= 0.6 is 0 Å². The van der Waals surface area contributed by atoms with Crippen molar-refractivity contribution >= 4 is 11.8 Å². The molecule has 2 amide bonds. The molecule has 1 aromatic heterocycles. The van der Waals surface area contributed by atoms with Crippen molar-refractivity contribution in [1.29, 1.82) is 0 Å². The van der Waals surface area contributed by atoms with Gasteiger partial charge >= 0.3 is 0 Å². The Labute approximate surface area is 129 Å². The summed E-state index contributed by atoms with van der Waals surface area (Å²) in [6, 6.07) is 1.95. The zero-order valence-electron chi connectivity index (χ0n) is 12.9. The number of carbonyl (C=O) groups excluding carboxylic acids is 2. The van der Waals surface area contributed by atoms with Crippen LogP contribution in [0.4, 0.5) is 0 Å². The molecule has 2 saturated heterocycles. The maximum absolute atomic E-state index is 12.5. The van der Waals surface area contributed by atoms with Gasteiger partial charge in [0, 0.05) is 45.2 Å². The van der Waals surface area contributed by atoms with Crippen molar-refractivity contribution in [3.05, 3.63) is 17.5 Å². The molecule has 22 heavy (non-hydrogen) atoms. The number of nitrogens with zero attached hydrogens (tertiary/aromatic N) is 3. The number of aromatic nitrogens is 1. The molecular weight excluding hydrogens is 284 g/mol. The summed E-state index contributed by atoms with van der Waals surface area (Å²) in [5, 5.41) is 6.67. The lowest BCUT2D eigenvalue weighted by molar-refractivity contribution is -0.139. The Morgan fingerprint density at radius 1 is 1.41 bits per heavy atom. The fraction of sp³-hybridized carbons (Fsp3) is 0.667. The summed E-state index contributed by atoms with van der Waals surface area (Å²) < 4.78 is 5.23. The predicted octanol–water partition coefficient (Wildman–Crippen LogP) is 0.153. The Kier molecular flexibility index (Phi) is 4.42. The molecule has 0 bridgehead atoms. The monoisotopic (exact) mass is 306 g/mol. The van der Waals surface area contributed by atoms with E-state index >= 15 is 0 Å². The lowest BCUT2D eigenvalue weighted by Crippen LogP contribution is -2.52. The molecule has 0 aliphatic carbocycles.